The Morgan fingerprint density at radius 1 is 1.35 bits per heavy atom. The van der Waals surface area contributed by atoms with Crippen molar-refractivity contribution in [2.45, 2.75) is 39.7 Å². The monoisotopic (exact) mass is 387 g/mol. The van der Waals surface area contributed by atoms with E-state index in [2.05, 4.69) is 10.3 Å². The molecule has 0 unspecified atom stereocenters. The number of carbonyl (C=O) groups excluding carboxylic acids is 1. The molecule has 7 heteroatoms. The number of halogens is 1. The van der Waals surface area contributed by atoms with Crippen molar-refractivity contribution in [2.24, 2.45) is 0 Å². The summed E-state index contributed by atoms with van der Waals surface area (Å²) < 4.78 is 1.38. The molecule has 0 spiro atoms. The van der Waals surface area contributed by atoms with Gasteiger partial charge in [-0.1, -0.05) is 17.7 Å². The highest BCUT2D eigenvalue weighted by atomic mass is 35.5. The van der Waals surface area contributed by atoms with Crippen LogP contribution in [0.15, 0.2) is 23.3 Å². The summed E-state index contributed by atoms with van der Waals surface area (Å²) in [6.45, 7) is 3.75. The molecule has 1 aromatic carbocycles. The van der Waals surface area contributed by atoms with Crippen LogP contribution in [0.5, 0.6) is 0 Å². The number of fused-ring (bicyclic) bond motifs is 3. The summed E-state index contributed by atoms with van der Waals surface area (Å²) in [5, 5.41) is 4.00. The minimum atomic E-state index is -0.297. The molecular weight excluding hydrogens is 370 g/mol. The summed E-state index contributed by atoms with van der Waals surface area (Å²) in [7, 11) is 0. The normalized spacial score (nSPS) is 13.2. The highest BCUT2D eigenvalue weighted by molar-refractivity contribution is 7.18. The minimum absolute atomic E-state index is 0.0873. The van der Waals surface area contributed by atoms with Gasteiger partial charge < -0.3 is 5.32 Å². The molecule has 26 heavy (non-hydrogen) atoms. The summed E-state index contributed by atoms with van der Waals surface area (Å²) in [4.78, 5) is 31.7. The van der Waals surface area contributed by atoms with Gasteiger partial charge in [-0.25, -0.2) is 4.98 Å². The topological polar surface area (TPSA) is 64.0 Å². The Morgan fingerprint density at radius 2 is 2.15 bits per heavy atom. The van der Waals surface area contributed by atoms with Crippen molar-refractivity contribution in [3.8, 4) is 0 Å². The number of aryl methyl sites for hydroxylation is 4. The van der Waals surface area contributed by atoms with Crippen molar-refractivity contribution in [2.75, 3.05) is 5.32 Å². The summed E-state index contributed by atoms with van der Waals surface area (Å²) in [6.07, 6.45) is 4.47. The number of benzene rings is 1. The quantitative estimate of drug-likeness (QED) is 0.742. The molecule has 1 amide bonds. The molecule has 0 aliphatic heterocycles. The molecule has 0 radical (unpaired) electrons. The van der Waals surface area contributed by atoms with Gasteiger partial charge in [0.05, 0.1) is 22.4 Å². The number of hydrogen-bond donors (Lipinski definition) is 1. The molecule has 0 fully saturated rings. The van der Waals surface area contributed by atoms with E-state index in [4.69, 9.17) is 11.6 Å². The first kappa shape index (κ1) is 17.2. The van der Waals surface area contributed by atoms with Crippen LogP contribution in [0.1, 0.15) is 28.0 Å². The van der Waals surface area contributed by atoms with Gasteiger partial charge in [0.15, 0.2) is 0 Å². The fraction of sp³-hybridized carbons (Fsp3) is 0.316. The third-order valence-electron chi connectivity index (χ3n) is 4.70. The minimum Gasteiger partial charge on any atom is -0.323 e. The van der Waals surface area contributed by atoms with Crippen LogP contribution in [-0.4, -0.2) is 15.5 Å². The van der Waals surface area contributed by atoms with Gasteiger partial charge in [0, 0.05) is 4.88 Å². The zero-order valence-corrected chi connectivity index (χ0v) is 16.1. The second kappa shape index (κ2) is 6.52. The summed E-state index contributed by atoms with van der Waals surface area (Å²) in [5.74, 6) is -0.297. The first-order chi connectivity index (χ1) is 12.4. The number of thiophene rings is 1. The lowest BCUT2D eigenvalue weighted by Gasteiger charge is -2.12. The Morgan fingerprint density at radius 3 is 2.92 bits per heavy atom. The lowest BCUT2D eigenvalue weighted by Crippen LogP contribution is -2.28. The molecular formula is C19H18ClN3O2S. The maximum atomic E-state index is 12.8. The molecule has 1 N–H and O–H groups in total. The molecule has 2 aromatic heterocycles. The van der Waals surface area contributed by atoms with E-state index < -0.39 is 0 Å². The number of anilines is 1. The molecule has 3 aromatic rings. The molecule has 1 aliphatic carbocycles. The SMILES string of the molecule is Cc1cc(C)c(NC(=O)Cn2cnc3sc4c(c3c2=O)CCC4)c(Cl)c1. The number of rotatable bonds is 3. The Bertz CT molecular complexity index is 1080. The van der Waals surface area contributed by atoms with Crippen molar-refractivity contribution >= 4 is 44.7 Å². The molecule has 0 saturated heterocycles. The predicted molar refractivity (Wildman–Crippen MR) is 105 cm³/mol. The van der Waals surface area contributed by atoms with E-state index in [1.54, 1.807) is 17.4 Å². The largest absolute Gasteiger partial charge is 0.323 e. The number of nitrogens with zero attached hydrogens (tertiary/aromatic N) is 2. The van der Waals surface area contributed by atoms with Crippen molar-refractivity contribution in [1.82, 2.24) is 9.55 Å². The lowest BCUT2D eigenvalue weighted by atomic mass is 10.1. The van der Waals surface area contributed by atoms with Crippen LogP contribution in [0.2, 0.25) is 5.02 Å². The Kier molecular flexibility index (Phi) is 4.32. The highest BCUT2D eigenvalue weighted by Gasteiger charge is 2.21. The summed E-state index contributed by atoms with van der Waals surface area (Å²) >= 11 is 7.84. The van der Waals surface area contributed by atoms with E-state index in [0.717, 1.165) is 40.8 Å². The molecule has 0 atom stereocenters. The predicted octanol–water partition coefficient (Wildman–Crippen LogP) is 3.86. The second-order valence-electron chi connectivity index (χ2n) is 6.70. The van der Waals surface area contributed by atoms with E-state index in [-0.39, 0.29) is 18.0 Å². The number of carbonyl (C=O) groups is 1. The van der Waals surface area contributed by atoms with E-state index in [1.165, 1.54) is 15.8 Å². The van der Waals surface area contributed by atoms with Crippen LogP contribution in [0, 0.1) is 13.8 Å². The standard InChI is InChI=1S/C19H18ClN3O2S/c1-10-6-11(2)17(13(20)7-10)22-15(24)8-23-9-21-18-16(19(23)25)12-4-3-5-14(12)26-18/h6-7,9H,3-5,8H2,1-2H3,(H,22,24). The first-order valence-corrected chi connectivity index (χ1v) is 9.70. The average Bonchev–Trinajstić information content (AvgIpc) is 3.14. The van der Waals surface area contributed by atoms with Gasteiger partial charge in [0.2, 0.25) is 5.91 Å². The average molecular weight is 388 g/mol. The van der Waals surface area contributed by atoms with Crippen molar-refractivity contribution in [1.29, 1.82) is 0 Å². The Hall–Kier alpha value is -2.18. The summed E-state index contributed by atoms with van der Waals surface area (Å²) in [6, 6.07) is 3.76. The fourth-order valence-corrected chi connectivity index (χ4v) is 5.13. The zero-order chi connectivity index (χ0) is 18.4. The maximum Gasteiger partial charge on any atom is 0.262 e. The first-order valence-electron chi connectivity index (χ1n) is 8.50. The smallest absolute Gasteiger partial charge is 0.262 e. The van der Waals surface area contributed by atoms with Gasteiger partial charge in [-0.3, -0.25) is 14.2 Å². The van der Waals surface area contributed by atoms with Crippen molar-refractivity contribution in [3.63, 3.8) is 0 Å². The molecule has 5 nitrogen and oxygen atoms in total. The number of hydrogen-bond acceptors (Lipinski definition) is 4. The Labute approximate surface area is 159 Å². The van der Waals surface area contributed by atoms with Gasteiger partial charge in [0.1, 0.15) is 11.4 Å². The third kappa shape index (κ3) is 2.93. The molecule has 1 aliphatic rings. The lowest BCUT2D eigenvalue weighted by molar-refractivity contribution is -0.116. The fourth-order valence-electron chi connectivity index (χ4n) is 3.54. The Balaban J connectivity index is 1.63. The van der Waals surface area contributed by atoms with Crippen LogP contribution in [0.25, 0.3) is 10.2 Å². The van der Waals surface area contributed by atoms with Gasteiger partial charge in [0.25, 0.3) is 5.56 Å². The van der Waals surface area contributed by atoms with Crippen molar-refractivity contribution in [3.05, 3.63) is 55.4 Å². The van der Waals surface area contributed by atoms with Gasteiger partial charge >= 0.3 is 0 Å². The second-order valence-corrected chi connectivity index (χ2v) is 8.19. The highest BCUT2D eigenvalue weighted by Crippen LogP contribution is 2.34. The van der Waals surface area contributed by atoms with Gasteiger partial charge in [-0.15, -0.1) is 11.3 Å². The van der Waals surface area contributed by atoms with Crippen LogP contribution >= 0.6 is 22.9 Å². The van der Waals surface area contributed by atoms with E-state index in [9.17, 15) is 9.59 Å². The van der Waals surface area contributed by atoms with Gasteiger partial charge in [-0.2, -0.15) is 0 Å². The van der Waals surface area contributed by atoms with Crippen LogP contribution in [0.4, 0.5) is 5.69 Å². The third-order valence-corrected chi connectivity index (χ3v) is 6.20. The van der Waals surface area contributed by atoms with Gasteiger partial charge in [-0.05, 0) is 55.9 Å². The molecule has 0 bridgehead atoms. The zero-order valence-electron chi connectivity index (χ0n) is 14.6. The molecule has 134 valence electrons. The van der Waals surface area contributed by atoms with Crippen molar-refractivity contribution < 1.29 is 4.79 Å². The van der Waals surface area contributed by atoms with E-state index in [0.29, 0.717) is 16.1 Å². The van der Waals surface area contributed by atoms with E-state index >= 15 is 0 Å². The van der Waals surface area contributed by atoms with Crippen LogP contribution < -0.4 is 10.9 Å². The maximum absolute atomic E-state index is 12.8. The number of aromatic nitrogens is 2. The molecule has 0 saturated carbocycles. The van der Waals surface area contributed by atoms with Crippen LogP contribution in [-0.2, 0) is 24.2 Å². The molecule has 4 rings (SSSR count). The summed E-state index contributed by atoms with van der Waals surface area (Å²) in [5.41, 5.74) is 3.48. The number of nitrogens with one attached hydrogen (secondary N) is 1. The van der Waals surface area contributed by atoms with Crippen LogP contribution in [0.3, 0.4) is 0 Å². The van der Waals surface area contributed by atoms with E-state index in [1.807, 2.05) is 19.9 Å². The number of amides is 1. The molecule has 2 heterocycles.